The van der Waals surface area contributed by atoms with E-state index < -0.39 is 5.82 Å². The maximum atomic E-state index is 13.1. The molecule has 0 bridgehead atoms. The van der Waals surface area contributed by atoms with Gasteiger partial charge in [-0.1, -0.05) is 11.6 Å². The first kappa shape index (κ1) is 12.9. The average molecular weight is 283 g/mol. The van der Waals surface area contributed by atoms with Gasteiger partial charge in [0.2, 0.25) is 0 Å². The van der Waals surface area contributed by atoms with Gasteiger partial charge in [-0.15, -0.1) is 0 Å². The minimum absolute atomic E-state index is 0.0493. The highest BCUT2D eigenvalue weighted by Gasteiger charge is 2.41. The monoisotopic (exact) mass is 282 g/mol. The van der Waals surface area contributed by atoms with E-state index in [9.17, 15) is 9.18 Å². The molecule has 1 amide bonds. The molecule has 0 saturated heterocycles. The molecule has 0 aliphatic heterocycles. The predicted molar refractivity (Wildman–Crippen MR) is 70.5 cm³/mol. The summed E-state index contributed by atoms with van der Waals surface area (Å²) < 4.78 is 13.1. The predicted octanol–water partition coefficient (Wildman–Crippen LogP) is 3.04. The Labute approximate surface area is 116 Å². The Morgan fingerprint density at radius 1 is 1.42 bits per heavy atom. The minimum Gasteiger partial charge on any atom is -0.352 e. The zero-order chi connectivity index (χ0) is 13.4. The SMILES string of the molecule is O=C(NCC(C1CC1)C1CC1)c1cc(F)cnc1Cl. The van der Waals surface area contributed by atoms with E-state index >= 15 is 0 Å². The van der Waals surface area contributed by atoms with Crippen LogP contribution in [0.3, 0.4) is 0 Å². The number of amides is 1. The Bertz CT molecular complexity index is 488. The molecule has 102 valence electrons. The lowest BCUT2D eigenvalue weighted by Crippen LogP contribution is -2.31. The molecule has 1 aromatic heterocycles. The first-order valence-corrected chi connectivity index (χ1v) is 7.12. The highest BCUT2D eigenvalue weighted by atomic mass is 35.5. The fourth-order valence-corrected chi connectivity index (χ4v) is 2.84. The van der Waals surface area contributed by atoms with Crippen molar-refractivity contribution >= 4 is 17.5 Å². The van der Waals surface area contributed by atoms with Crippen molar-refractivity contribution in [3.05, 3.63) is 28.8 Å². The zero-order valence-corrected chi connectivity index (χ0v) is 11.3. The number of hydrogen-bond acceptors (Lipinski definition) is 2. The standard InChI is InChI=1S/C14H16ClFN2O/c15-13-11(5-10(16)6-17-13)14(19)18-7-12(8-1-2-8)9-3-4-9/h5-6,8-9,12H,1-4,7H2,(H,18,19). The molecule has 0 radical (unpaired) electrons. The first-order valence-electron chi connectivity index (χ1n) is 6.74. The maximum absolute atomic E-state index is 13.1. The molecule has 19 heavy (non-hydrogen) atoms. The molecule has 5 heteroatoms. The van der Waals surface area contributed by atoms with E-state index in [1.54, 1.807) is 0 Å². The molecule has 1 heterocycles. The lowest BCUT2D eigenvalue weighted by Gasteiger charge is -2.16. The highest BCUT2D eigenvalue weighted by molar-refractivity contribution is 6.32. The van der Waals surface area contributed by atoms with Gasteiger partial charge < -0.3 is 5.32 Å². The second kappa shape index (κ2) is 5.08. The molecule has 2 saturated carbocycles. The van der Waals surface area contributed by atoms with E-state index in [-0.39, 0.29) is 16.6 Å². The van der Waals surface area contributed by atoms with E-state index in [0.717, 1.165) is 24.1 Å². The molecular weight excluding hydrogens is 267 g/mol. The summed E-state index contributed by atoms with van der Waals surface area (Å²) in [7, 11) is 0. The number of nitrogens with one attached hydrogen (secondary N) is 1. The van der Waals surface area contributed by atoms with Crippen LogP contribution >= 0.6 is 11.6 Å². The molecule has 3 rings (SSSR count). The zero-order valence-electron chi connectivity index (χ0n) is 10.5. The van der Waals surface area contributed by atoms with Gasteiger partial charge in [0.15, 0.2) is 0 Å². The van der Waals surface area contributed by atoms with Crippen molar-refractivity contribution in [2.45, 2.75) is 25.7 Å². The molecule has 2 aliphatic carbocycles. The number of aromatic nitrogens is 1. The molecular formula is C14H16ClFN2O. The van der Waals surface area contributed by atoms with Crippen LogP contribution in [0.25, 0.3) is 0 Å². The fraction of sp³-hybridized carbons (Fsp3) is 0.571. The number of rotatable bonds is 5. The lowest BCUT2D eigenvalue weighted by molar-refractivity contribution is 0.0942. The van der Waals surface area contributed by atoms with E-state index in [2.05, 4.69) is 10.3 Å². The second-order valence-electron chi connectivity index (χ2n) is 5.54. The first-order chi connectivity index (χ1) is 9.15. The maximum Gasteiger partial charge on any atom is 0.254 e. The summed E-state index contributed by atoms with van der Waals surface area (Å²) in [6.45, 7) is 0.668. The van der Waals surface area contributed by atoms with Gasteiger partial charge in [0.25, 0.3) is 5.91 Å². The van der Waals surface area contributed by atoms with E-state index in [1.807, 2.05) is 0 Å². The van der Waals surface area contributed by atoms with Crippen molar-refractivity contribution in [1.82, 2.24) is 10.3 Å². The van der Waals surface area contributed by atoms with E-state index in [1.165, 1.54) is 25.7 Å². The van der Waals surface area contributed by atoms with Crippen LogP contribution in [0.1, 0.15) is 36.0 Å². The largest absolute Gasteiger partial charge is 0.352 e. The van der Waals surface area contributed by atoms with Gasteiger partial charge in [-0.3, -0.25) is 4.79 Å². The fourth-order valence-electron chi connectivity index (χ4n) is 2.65. The van der Waals surface area contributed by atoms with Crippen molar-refractivity contribution in [2.75, 3.05) is 6.54 Å². The van der Waals surface area contributed by atoms with Crippen LogP contribution in [0, 0.1) is 23.6 Å². The summed E-state index contributed by atoms with van der Waals surface area (Å²) in [6.07, 6.45) is 6.12. The van der Waals surface area contributed by atoms with E-state index in [4.69, 9.17) is 11.6 Å². The van der Waals surface area contributed by atoms with Crippen molar-refractivity contribution in [3.8, 4) is 0 Å². The Kier molecular flexibility index (Phi) is 3.44. The van der Waals surface area contributed by atoms with Crippen molar-refractivity contribution in [1.29, 1.82) is 0 Å². The lowest BCUT2D eigenvalue weighted by atomic mass is 9.98. The summed E-state index contributed by atoms with van der Waals surface area (Å²) in [5.41, 5.74) is 0.118. The summed E-state index contributed by atoms with van der Waals surface area (Å²) in [5, 5.41) is 2.93. The summed E-state index contributed by atoms with van der Waals surface area (Å²) in [6, 6.07) is 1.13. The van der Waals surface area contributed by atoms with Crippen LogP contribution in [-0.2, 0) is 0 Å². The van der Waals surface area contributed by atoms with Gasteiger partial charge in [0, 0.05) is 6.54 Å². The molecule has 0 aromatic carbocycles. The number of pyridine rings is 1. The third kappa shape index (κ3) is 3.06. The third-order valence-corrected chi connectivity index (χ3v) is 4.30. The molecule has 3 nitrogen and oxygen atoms in total. The van der Waals surface area contributed by atoms with E-state index in [0.29, 0.717) is 12.5 Å². The van der Waals surface area contributed by atoms with Crippen molar-refractivity contribution < 1.29 is 9.18 Å². The van der Waals surface area contributed by atoms with Gasteiger partial charge in [0.05, 0.1) is 11.8 Å². The van der Waals surface area contributed by atoms with Crippen LogP contribution in [0.5, 0.6) is 0 Å². The topological polar surface area (TPSA) is 42.0 Å². The van der Waals surface area contributed by atoms with Crippen LogP contribution in [0.4, 0.5) is 4.39 Å². The number of halogens is 2. The molecule has 2 fully saturated rings. The Morgan fingerprint density at radius 2 is 2.05 bits per heavy atom. The average Bonchev–Trinajstić information content (AvgIpc) is 3.25. The molecule has 0 unspecified atom stereocenters. The summed E-state index contributed by atoms with van der Waals surface area (Å²) >= 11 is 5.82. The van der Waals surface area contributed by atoms with Crippen molar-refractivity contribution in [3.63, 3.8) is 0 Å². The third-order valence-electron chi connectivity index (χ3n) is 4.00. The Hall–Kier alpha value is -1.16. The van der Waals surface area contributed by atoms with Gasteiger partial charge in [-0.2, -0.15) is 0 Å². The molecule has 0 spiro atoms. The highest BCUT2D eigenvalue weighted by Crippen LogP contribution is 2.48. The van der Waals surface area contributed by atoms with Gasteiger partial charge >= 0.3 is 0 Å². The number of carbonyl (C=O) groups excluding carboxylic acids is 1. The Balaban J connectivity index is 1.62. The number of nitrogens with zero attached hydrogens (tertiary/aromatic N) is 1. The molecule has 1 N–H and O–H groups in total. The molecule has 2 aliphatic rings. The van der Waals surface area contributed by atoms with Gasteiger partial charge in [0.1, 0.15) is 11.0 Å². The number of hydrogen-bond donors (Lipinski definition) is 1. The molecule has 0 atom stereocenters. The van der Waals surface area contributed by atoms with Crippen LogP contribution < -0.4 is 5.32 Å². The Morgan fingerprint density at radius 3 is 2.63 bits per heavy atom. The van der Waals surface area contributed by atoms with Gasteiger partial charge in [-0.25, -0.2) is 9.37 Å². The van der Waals surface area contributed by atoms with Gasteiger partial charge in [-0.05, 0) is 49.5 Å². The van der Waals surface area contributed by atoms with Crippen LogP contribution in [-0.4, -0.2) is 17.4 Å². The van der Waals surface area contributed by atoms with Crippen LogP contribution in [0.15, 0.2) is 12.3 Å². The second-order valence-corrected chi connectivity index (χ2v) is 5.90. The quantitative estimate of drug-likeness (QED) is 0.844. The number of carbonyl (C=O) groups is 1. The van der Waals surface area contributed by atoms with Crippen molar-refractivity contribution in [2.24, 2.45) is 17.8 Å². The molecule has 1 aromatic rings. The summed E-state index contributed by atoms with van der Waals surface area (Å²) in [5.74, 6) is 1.26. The normalized spacial score (nSPS) is 18.7. The smallest absolute Gasteiger partial charge is 0.254 e. The minimum atomic E-state index is -0.546. The van der Waals surface area contributed by atoms with Crippen LogP contribution in [0.2, 0.25) is 5.15 Å². The summed E-state index contributed by atoms with van der Waals surface area (Å²) in [4.78, 5) is 15.7.